The average Bonchev–Trinajstić information content (AvgIpc) is 2.87. The minimum atomic E-state index is -0.418. The number of fused-ring (bicyclic) bond motifs is 1. The van der Waals surface area contributed by atoms with Gasteiger partial charge in [0.15, 0.2) is 5.78 Å². The highest BCUT2D eigenvalue weighted by Gasteiger charge is 2.41. The van der Waals surface area contributed by atoms with Gasteiger partial charge in [0.2, 0.25) is 0 Å². The smallest absolute Gasteiger partial charge is 0.170 e. The number of nitrogens with zero attached hydrogens (tertiary/aromatic N) is 1. The lowest BCUT2D eigenvalue weighted by atomic mass is 9.83. The van der Waals surface area contributed by atoms with E-state index in [0.717, 1.165) is 36.8 Å². The van der Waals surface area contributed by atoms with Crippen molar-refractivity contribution in [2.24, 2.45) is 0 Å². The number of ketones is 1. The molecule has 0 saturated heterocycles. The van der Waals surface area contributed by atoms with Crippen LogP contribution in [-0.2, 0) is 0 Å². The zero-order valence-electron chi connectivity index (χ0n) is 16.1. The molecule has 0 aromatic heterocycles. The number of ether oxygens (including phenoxy) is 1. The Kier molecular flexibility index (Phi) is 4.65. The summed E-state index contributed by atoms with van der Waals surface area (Å²) < 4.78 is 6.45. The first kappa shape index (κ1) is 18.3. The Hall–Kier alpha value is -3.12. The highest BCUT2D eigenvalue weighted by molar-refractivity contribution is 6.01. The van der Waals surface area contributed by atoms with Crippen molar-refractivity contribution in [1.82, 2.24) is 0 Å². The Morgan fingerprint density at radius 1 is 1.14 bits per heavy atom. The highest BCUT2D eigenvalue weighted by atomic mass is 16.5. The van der Waals surface area contributed by atoms with Crippen molar-refractivity contribution in [3.8, 4) is 22.9 Å². The summed E-state index contributed by atoms with van der Waals surface area (Å²) in [5.74, 6) is 0.815. The molecule has 0 saturated carbocycles. The molecule has 1 heterocycles. The van der Waals surface area contributed by atoms with Crippen LogP contribution in [0.1, 0.15) is 54.9 Å². The molecule has 4 rings (SSSR count). The van der Waals surface area contributed by atoms with Crippen LogP contribution in [0.15, 0.2) is 66.3 Å². The number of hydrogen-bond donors (Lipinski definition) is 0. The van der Waals surface area contributed by atoms with Gasteiger partial charge in [-0.3, -0.25) is 4.79 Å². The van der Waals surface area contributed by atoms with Gasteiger partial charge in [-0.05, 0) is 73.6 Å². The molecule has 140 valence electrons. The fourth-order valence-electron chi connectivity index (χ4n) is 4.27. The third-order valence-electron chi connectivity index (χ3n) is 6.01. The zero-order valence-corrected chi connectivity index (χ0v) is 16.1. The van der Waals surface area contributed by atoms with E-state index in [2.05, 4.69) is 19.6 Å². The summed E-state index contributed by atoms with van der Waals surface area (Å²) in [6.45, 7) is 6.08. The molecule has 3 nitrogen and oxygen atoms in total. The van der Waals surface area contributed by atoms with Gasteiger partial charge in [0.25, 0.3) is 0 Å². The monoisotopic (exact) mass is 369 g/mol. The number of rotatable bonds is 2. The van der Waals surface area contributed by atoms with Crippen molar-refractivity contribution in [3.05, 3.63) is 77.4 Å². The van der Waals surface area contributed by atoms with E-state index < -0.39 is 5.60 Å². The lowest BCUT2D eigenvalue weighted by Crippen LogP contribution is -2.41. The summed E-state index contributed by atoms with van der Waals surface area (Å²) in [4.78, 5) is 13.0. The molecule has 1 aliphatic carbocycles. The Balaban J connectivity index is 1.64. The van der Waals surface area contributed by atoms with Crippen molar-refractivity contribution in [2.45, 2.75) is 44.6 Å². The third kappa shape index (κ3) is 3.27. The van der Waals surface area contributed by atoms with E-state index in [9.17, 15) is 4.79 Å². The van der Waals surface area contributed by atoms with Crippen molar-refractivity contribution in [3.63, 3.8) is 0 Å². The summed E-state index contributed by atoms with van der Waals surface area (Å²) >= 11 is 0. The van der Waals surface area contributed by atoms with Crippen LogP contribution in [-0.4, -0.2) is 11.4 Å². The topological polar surface area (TPSA) is 50.1 Å². The van der Waals surface area contributed by atoms with E-state index in [1.807, 2.05) is 42.5 Å². The average molecular weight is 369 g/mol. The standard InChI is InChI=1S/C25H23NO2/c1-3-19-10-12-25(11-9-17(19)2)15-23(27)22-14-21(7-8-24(22)28-25)20-6-4-5-18(13-20)16-26/h3-8,13-14H,1,9-12,15H2,2H3. The minimum absolute atomic E-state index is 0.138. The molecular weight excluding hydrogens is 346 g/mol. The maximum absolute atomic E-state index is 13.0. The Morgan fingerprint density at radius 2 is 1.93 bits per heavy atom. The summed E-state index contributed by atoms with van der Waals surface area (Å²) in [6.07, 6.45) is 5.88. The molecule has 1 spiro atoms. The number of allylic oxidation sites excluding steroid dienone is 3. The summed E-state index contributed by atoms with van der Waals surface area (Å²) in [5.41, 5.74) is 5.32. The van der Waals surface area contributed by atoms with E-state index in [0.29, 0.717) is 23.3 Å². The first-order valence-electron chi connectivity index (χ1n) is 9.71. The number of hydrogen-bond acceptors (Lipinski definition) is 3. The second kappa shape index (κ2) is 7.13. The molecule has 0 radical (unpaired) electrons. The van der Waals surface area contributed by atoms with Crippen molar-refractivity contribution in [1.29, 1.82) is 5.26 Å². The molecule has 2 aliphatic rings. The van der Waals surface area contributed by atoms with Crippen LogP contribution < -0.4 is 4.74 Å². The van der Waals surface area contributed by atoms with Gasteiger partial charge in [-0.1, -0.05) is 36.4 Å². The number of nitriles is 1. The number of carbonyl (C=O) groups is 1. The fraction of sp³-hybridized carbons (Fsp3) is 0.280. The van der Waals surface area contributed by atoms with Crippen LogP contribution in [0.2, 0.25) is 0 Å². The first-order valence-corrected chi connectivity index (χ1v) is 9.71. The van der Waals surface area contributed by atoms with Crippen molar-refractivity contribution in [2.75, 3.05) is 0 Å². The van der Waals surface area contributed by atoms with Gasteiger partial charge in [0.1, 0.15) is 11.4 Å². The van der Waals surface area contributed by atoms with Gasteiger partial charge in [-0.2, -0.15) is 5.26 Å². The molecule has 1 atom stereocenters. The molecule has 28 heavy (non-hydrogen) atoms. The maximum Gasteiger partial charge on any atom is 0.170 e. The fourth-order valence-corrected chi connectivity index (χ4v) is 4.27. The van der Waals surface area contributed by atoms with Crippen LogP contribution in [0.4, 0.5) is 0 Å². The van der Waals surface area contributed by atoms with E-state index in [-0.39, 0.29) is 5.78 Å². The predicted molar refractivity (Wildman–Crippen MR) is 110 cm³/mol. The molecule has 0 fully saturated rings. The van der Waals surface area contributed by atoms with E-state index >= 15 is 0 Å². The van der Waals surface area contributed by atoms with Crippen LogP contribution in [0.3, 0.4) is 0 Å². The Bertz CT molecular complexity index is 1040. The molecular formula is C25H23NO2. The Labute approximate surface area is 166 Å². The maximum atomic E-state index is 13.0. The number of Topliss-reactive ketones (excluding diaryl/α,β-unsaturated/α-hetero) is 1. The highest BCUT2D eigenvalue weighted by Crippen LogP contribution is 2.43. The second-order valence-corrected chi connectivity index (χ2v) is 7.80. The number of carbonyl (C=O) groups excluding carboxylic acids is 1. The van der Waals surface area contributed by atoms with Crippen molar-refractivity contribution < 1.29 is 9.53 Å². The summed E-state index contributed by atoms with van der Waals surface area (Å²) in [5, 5.41) is 9.13. The van der Waals surface area contributed by atoms with Gasteiger partial charge in [0.05, 0.1) is 23.6 Å². The van der Waals surface area contributed by atoms with Gasteiger partial charge in [-0.25, -0.2) is 0 Å². The van der Waals surface area contributed by atoms with Crippen LogP contribution in [0, 0.1) is 11.3 Å². The summed E-state index contributed by atoms with van der Waals surface area (Å²) in [7, 11) is 0. The van der Waals surface area contributed by atoms with E-state index in [4.69, 9.17) is 10.00 Å². The lowest BCUT2D eigenvalue weighted by Gasteiger charge is -2.37. The molecule has 2 aromatic rings. The molecule has 0 N–H and O–H groups in total. The van der Waals surface area contributed by atoms with Gasteiger partial charge >= 0.3 is 0 Å². The molecule has 1 aliphatic heterocycles. The largest absolute Gasteiger partial charge is 0.486 e. The molecule has 1 unspecified atom stereocenters. The number of benzene rings is 2. The predicted octanol–water partition coefficient (Wildman–Crippen LogP) is 6.01. The third-order valence-corrected chi connectivity index (χ3v) is 6.01. The van der Waals surface area contributed by atoms with Crippen LogP contribution >= 0.6 is 0 Å². The SMILES string of the molecule is C=CC1=C(C)CCC2(CC1)CC(=O)c1cc(-c3cccc(C#N)c3)ccc1O2. The van der Waals surface area contributed by atoms with Crippen LogP contribution in [0.25, 0.3) is 11.1 Å². The van der Waals surface area contributed by atoms with Crippen molar-refractivity contribution >= 4 is 5.78 Å². The molecule has 2 aromatic carbocycles. The van der Waals surface area contributed by atoms with E-state index in [1.165, 1.54) is 11.1 Å². The molecule has 3 heteroatoms. The van der Waals surface area contributed by atoms with Gasteiger partial charge in [0, 0.05) is 0 Å². The summed E-state index contributed by atoms with van der Waals surface area (Å²) in [6, 6.07) is 15.4. The quantitative estimate of drug-likeness (QED) is 0.652. The first-order chi connectivity index (χ1) is 13.5. The lowest BCUT2D eigenvalue weighted by molar-refractivity contribution is 0.0303. The second-order valence-electron chi connectivity index (χ2n) is 7.80. The molecule has 0 amide bonds. The minimum Gasteiger partial charge on any atom is -0.486 e. The normalized spacial score (nSPS) is 21.5. The van der Waals surface area contributed by atoms with Gasteiger partial charge < -0.3 is 4.74 Å². The van der Waals surface area contributed by atoms with E-state index in [1.54, 1.807) is 6.07 Å². The zero-order chi connectivity index (χ0) is 19.7. The van der Waals surface area contributed by atoms with Gasteiger partial charge in [-0.15, -0.1) is 0 Å². The molecule has 0 bridgehead atoms. The Morgan fingerprint density at radius 3 is 2.71 bits per heavy atom. The van der Waals surface area contributed by atoms with Crippen LogP contribution in [0.5, 0.6) is 5.75 Å².